The van der Waals surface area contributed by atoms with Crippen molar-refractivity contribution in [2.45, 2.75) is 58.1 Å². The summed E-state index contributed by atoms with van der Waals surface area (Å²) in [4.78, 5) is 49.2. The molecule has 2 fully saturated rings. The van der Waals surface area contributed by atoms with Gasteiger partial charge in [0.2, 0.25) is 0 Å². The minimum absolute atomic E-state index is 0.00754. The lowest BCUT2D eigenvalue weighted by Crippen LogP contribution is -2.52. The Balaban J connectivity index is 1.51. The second kappa shape index (κ2) is 8.73. The number of imide groups is 1. The van der Waals surface area contributed by atoms with Gasteiger partial charge < -0.3 is 14.8 Å². The molecule has 2 N–H and O–H groups in total. The Labute approximate surface area is 175 Å². The Hall–Kier alpha value is -3.10. The quantitative estimate of drug-likeness (QED) is 0.542. The van der Waals surface area contributed by atoms with Crippen molar-refractivity contribution in [2.75, 3.05) is 6.61 Å². The van der Waals surface area contributed by atoms with Crippen LogP contribution < -0.4 is 15.5 Å². The molecule has 1 saturated carbocycles. The monoisotopic (exact) mass is 417 g/mol. The van der Waals surface area contributed by atoms with Crippen LogP contribution in [0.25, 0.3) is 0 Å². The fourth-order valence-corrected chi connectivity index (χ4v) is 3.63. The molecule has 1 aliphatic carbocycles. The molecule has 9 heteroatoms. The molecule has 0 bridgehead atoms. The summed E-state index contributed by atoms with van der Waals surface area (Å²) < 4.78 is 10.5. The SMILES string of the molecule is CC1CCC2(CC1)NC(=O)N(NC(=O)COC(=O)c1ccc(OC(C)C)cc1)C2=O. The van der Waals surface area contributed by atoms with Crippen molar-refractivity contribution >= 4 is 23.8 Å². The first-order valence-corrected chi connectivity index (χ1v) is 10.1. The number of urea groups is 1. The molecule has 0 radical (unpaired) electrons. The molecule has 9 nitrogen and oxygen atoms in total. The van der Waals surface area contributed by atoms with Crippen LogP contribution in [-0.4, -0.2) is 47.1 Å². The van der Waals surface area contributed by atoms with Crippen LogP contribution in [0.5, 0.6) is 5.75 Å². The molecule has 1 saturated heterocycles. The predicted octanol–water partition coefficient (Wildman–Crippen LogP) is 2.16. The van der Waals surface area contributed by atoms with Crippen molar-refractivity contribution in [3.05, 3.63) is 29.8 Å². The number of carbonyl (C=O) groups is 4. The van der Waals surface area contributed by atoms with E-state index in [1.807, 2.05) is 13.8 Å². The number of hydrazine groups is 1. The van der Waals surface area contributed by atoms with Crippen LogP contribution in [0.4, 0.5) is 4.79 Å². The number of rotatable bonds is 6. The van der Waals surface area contributed by atoms with Crippen LogP contribution in [0.1, 0.15) is 56.8 Å². The van der Waals surface area contributed by atoms with Gasteiger partial charge in [-0.1, -0.05) is 6.92 Å². The van der Waals surface area contributed by atoms with Gasteiger partial charge in [0.15, 0.2) is 6.61 Å². The van der Waals surface area contributed by atoms with E-state index in [1.54, 1.807) is 12.1 Å². The second-order valence-corrected chi connectivity index (χ2v) is 8.14. The molecular weight excluding hydrogens is 390 g/mol. The Morgan fingerprint density at radius 2 is 1.83 bits per heavy atom. The van der Waals surface area contributed by atoms with E-state index in [2.05, 4.69) is 17.7 Å². The van der Waals surface area contributed by atoms with E-state index in [0.29, 0.717) is 29.5 Å². The number of nitrogens with zero attached hydrogens (tertiary/aromatic N) is 1. The molecule has 1 aromatic rings. The number of hydrogen-bond donors (Lipinski definition) is 2. The summed E-state index contributed by atoms with van der Waals surface area (Å²) in [6.45, 7) is 5.27. The van der Waals surface area contributed by atoms with E-state index < -0.39 is 36.0 Å². The van der Waals surface area contributed by atoms with Crippen molar-refractivity contribution in [2.24, 2.45) is 5.92 Å². The molecule has 162 valence electrons. The summed E-state index contributed by atoms with van der Waals surface area (Å²) in [5.74, 6) is -0.831. The topological polar surface area (TPSA) is 114 Å². The fourth-order valence-electron chi connectivity index (χ4n) is 3.63. The highest BCUT2D eigenvalue weighted by Gasteiger charge is 2.52. The van der Waals surface area contributed by atoms with E-state index in [-0.39, 0.29) is 11.7 Å². The lowest BCUT2D eigenvalue weighted by atomic mass is 9.77. The predicted molar refractivity (Wildman–Crippen MR) is 106 cm³/mol. The maximum absolute atomic E-state index is 12.7. The Morgan fingerprint density at radius 1 is 1.20 bits per heavy atom. The van der Waals surface area contributed by atoms with Gasteiger partial charge in [-0.2, -0.15) is 5.01 Å². The maximum atomic E-state index is 12.7. The molecule has 2 aliphatic rings. The van der Waals surface area contributed by atoms with Gasteiger partial charge in [-0.3, -0.25) is 15.0 Å². The average Bonchev–Trinajstić information content (AvgIpc) is 2.93. The van der Waals surface area contributed by atoms with Crippen molar-refractivity contribution < 1.29 is 28.7 Å². The zero-order chi connectivity index (χ0) is 21.9. The molecule has 3 rings (SSSR count). The highest BCUT2D eigenvalue weighted by molar-refractivity contribution is 6.08. The molecule has 1 spiro atoms. The molecule has 0 unspecified atom stereocenters. The zero-order valence-corrected chi connectivity index (χ0v) is 17.4. The number of nitrogens with one attached hydrogen (secondary N) is 2. The summed E-state index contributed by atoms with van der Waals surface area (Å²) in [6.07, 6.45) is 2.74. The number of hydrogen-bond acceptors (Lipinski definition) is 6. The number of carbonyl (C=O) groups excluding carboxylic acids is 4. The summed E-state index contributed by atoms with van der Waals surface area (Å²) >= 11 is 0. The first-order chi connectivity index (χ1) is 14.2. The summed E-state index contributed by atoms with van der Waals surface area (Å²) in [5.41, 5.74) is 1.54. The highest BCUT2D eigenvalue weighted by atomic mass is 16.5. The van der Waals surface area contributed by atoms with Crippen LogP contribution in [-0.2, 0) is 14.3 Å². The second-order valence-electron chi connectivity index (χ2n) is 8.14. The Kier molecular flexibility index (Phi) is 6.28. The van der Waals surface area contributed by atoms with Crippen molar-refractivity contribution in [3.63, 3.8) is 0 Å². The molecule has 4 amide bonds. The van der Waals surface area contributed by atoms with Crippen molar-refractivity contribution in [1.82, 2.24) is 15.8 Å². The van der Waals surface area contributed by atoms with Crippen molar-refractivity contribution in [3.8, 4) is 5.75 Å². The minimum Gasteiger partial charge on any atom is -0.491 e. The lowest BCUT2D eigenvalue weighted by Gasteiger charge is -2.33. The first kappa shape index (κ1) is 21.6. The number of esters is 1. The third-order valence-corrected chi connectivity index (χ3v) is 5.32. The van der Waals surface area contributed by atoms with Gasteiger partial charge in [0.1, 0.15) is 11.3 Å². The Morgan fingerprint density at radius 3 is 2.43 bits per heavy atom. The smallest absolute Gasteiger partial charge is 0.344 e. The van der Waals surface area contributed by atoms with Crippen LogP contribution in [0.2, 0.25) is 0 Å². The number of amides is 4. The van der Waals surface area contributed by atoms with Gasteiger partial charge in [-0.15, -0.1) is 0 Å². The van der Waals surface area contributed by atoms with E-state index >= 15 is 0 Å². The zero-order valence-electron chi connectivity index (χ0n) is 17.4. The van der Waals surface area contributed by atoms with Gasteiger partial charge >= 0.3 is 12.0 Å². The van der Waals surface area contributed by atoms with E-state index in [9.17, 15) is 19.2 Å². The Bertz CT molecular complexity index is 828. The largest absolute Gasteiger partial charge is 0.491 e. The van der Waals surface area contributed by atoms with Crippen LogP contribution in [0.15, 0.2) is 24.3 Å². The molecular formula is C21H27N3O6. The number of benzene rings is 1. The standard InChI is InChI=1S/C21H27N3O6/c1-13(2)30-16-6-4-15(5-7-16)18(26)29-12-17(25)23-24-19(27)21(22-20(24)28)10-8-14(3)9-11-21/h4-7,13-14H,8-12H2,1-3H3,(H,22,28)(H,23,25). The van der Waals surface area contributed by atoms with Gasteiger partial charge in [0, 0.05) is 0 Å². The summed E-state index contributed by atoms with van der Waals surface area (Å²) in [5, 5.41) is 3.39. The normalized spacial score (nSPS) is 23.5. The average molecular weight is 417 g/mol. The molecule has 0 aromatic heterocycles. The van der Waals surface area contributed by atoms with Gasteiger partial charge in [0.05, 0.1) is 11.7 Å². The summed E-state index contributed by atoms with van der Waals surface area (Å²) in [7, 11) is 0. The van der Waals surface area contributed by atoms with Crippen LogP contribution in [0.3, 0.4) is 0 Å². The van der Waals surface area contributed by atoms with E-state index in [1.165, 1.54) is 12.1 Å². The van der Waals surface area contributed by atoms with Crippen LogP contribution >= 0.6 is 0 Å². The third kappa shape index (κ3) is 4.72. The molecule has 30 heavy (non-hydrogen) atoms. The molecule has 1 aromatic carbocycles. The molecule has 1 aliphatic heterocycles. The van der Waals surface area contributed by atoms with Gasteiger partial charge in [-0.05, 0) is 69.7 Å². The molecule has 0 atom stereocenters. The fraction of sp³-hybridized carbons (Fsp3) is 0.524. The first-order valence-electron chi connectivity index (χ1n) is 10.1. The van der Waals surface area contributed by atoms with Crippen LogP contribution in [0, 0.1) is 5.92 Å². The van der Waals surface area contributed by atoms with E-state index in [0.717, 1.165) is 12.8 Å². The number of ether oxygens (including phenoxy) is 2. The van der Waals surface area contributed by atoms with Gasteiger partial charge in [-0.25, -0.2) is 9.59 Å². The third-order valence-electron chi connectivity index (χ3n) is 5.32. The molecule has 1 heterocycles. The maximum Gasteiger partial charge on any atom is 0.344 e. The van der Waals surface area contributed by atoms with E-state index in [4.69, 9.17) is 9.47 Å². The van der Waals surface area contributed by atoms with Crippen molar-refractivity contribution in [1.29, 1.82) is 0 Å². The highest BCUT2D eigenvalue weighted by Crippen LogP contribution is 2.35. The minimum atomic E-state index is -0.951. The van der Waals surface area contributed by atoms with Gasteiger partial charge in [0.25, 0.3) is 11.8 Å². The summed E-state index contributed by atoms with van der Waals surface area (Å²) in [6, 6.07) is 5.66. The lowest BCUT2D eigenvalue weighted by molar-refractivity contribution is -0.141.